The van der Waals surface area contributed by atoms with Crippen molar-refractivity contribution in [1.29, 1.82) is 0 Å². The van der Waals surface area contributed by atoms with Crippen molar-refractivity contribution in [2.75, 3.05) is 13.1 Å². The van der Waals surface area contributed by atoms with Crippen LogP contribution in [0.3, 0.4) is 0 Å². The zero-order valence-electron chi connectivity index (χ0n) is 13.6. The van der Waals surface area contributed by atoms with Crippen molar-refractivity contribution in [2.45, 2.75) is 65.9 Å². The molecule has 3 heteroatoms. The summed E-state index contributed by atoms with van der Waals surface area (Å²) in [6, 6.07) is 0. The fourth-order valence-electron chi connectivity index (χ4n) is 3.80. The molecule has 20 heavy (non-hydrogen) atoms. The molecule has 1 saturated heterocycles. The van der Waals surface area contributed by atoms with Gasteiger partial charge in [0.1, 0.15) is 0 Å². The first-order valence-electron chi connectivity index (χ1n) is 8.26. The highest BCUT2D eigenvalue weighted by atomic mass is 16.3. The van der Waals surface area contributed by atoms with Gasteiger partial charge < -0.3 is 10.0 Å². The molecule has 0 radical (unpaired) electrons. The van der Waals surface area contributed by atoms with Gasteiger partial charge in [0.2, 0.25) is 5.91 Å². The Bertz CT molecular complexity index is 339. The predicted octanol–water partition coefficient (Wildman–Crippen LogP) is 3.07. The van der Waals surface area contributed by atoms with Crippen molar-refractivity contribution >= 4 is 5.91 Å². The molecule has 2 rings (SSSR count). The molecule has 116 valence electrons. The summed E-state index contributed by atoms with van der Waals surface area (Å²) in [6.07, 6.45) is 4.99. The fraction of sp³-hybridized carbons (Fsp3) is 0.941. The van der Waals surface area contributed by atoms with Crippen molar-refractivity contribution in [1.82, 2.24) is 4.90 Å². The van der Waals surface area contributed by atoms with Gasteiger partial charge in [-0.15, -0.1) is 0 Å². The van der Waals surface area contributed by atoms with Crippen LogP contribution in [0.15, 0.2) is 0 Å². The van der Waals surface area contributed by atoms with Gasteiger partial charge >= 0.3 is 0 Å². The van der Waals surface area contributed by atoms with Crippen molar-refractivity contribution in [2.24, 2.45) is 23.2 Å². The molecule has 2 aliphatic rings. The second kappa shape index (κ2) is 6.05. The smallest absolute Gasteiger partial charge is 0.225 e. The Balaban J connectivity index is 1.86. The Kier molecular flexibility index (Phi) is 4.78. The lowest BCUT2D eigenvalue weighted by atomic mass is 9.69. The van der Waals surface area contributed by atoms with Crippen LogP contribution in [0.5, 0.6) is 0 Å². The molecule has 1 N–H and O–H groups in total. The molecule has 0 aromatic heterocycles. The van der Waals surface area contributed by atoms with Gasteiger partial charge in [0, 0.05) is 19.0 Å². The second-order valence-corrected chi connectivity index (χ2v) is 8.03. The van der Waals surface area contributed by atoms with E-state index in [1.165, 1.54) is 12.8 Å². The molecule has 1 amide bonds. The topological polar surface area (TPSA) is 40.5 Å². The summed E-state index contributed by atoms with van der Waals surface area (Å²) < 4.78 is 0. The minimum atomic E-state index is -0.226. The summed E-state index contributed by atoms with van der Waals surface area (Å²) >= 11 is 0. The number of likely N-dealkylation sites (tertiary alicyclic amines) is 1. The molecule has 0 spiro atoms. The van der Waals surface area contributed by atoms with Crippen LogP contribution >= 0.6 is 0 Å². The van der Waals surface area contributed by atoms with Gasteiger partial charge in [0.25, 0.3) is 0 Å². The van der Waals surface area contributed by atoms with Gasteiger partial charge in [-0.25, -0.2) is 0 Å². The summed E-state index contributed by atoms with van der Waals surface area (Å²) in [7, 11) is 0. The molecule has 2 unspecified atom stereocenters. The molecule has 3 nitrogen and oxygen atoms in total. The molecule has 0 aromatic rings. The first-order valence-corrected chi connectivity index (χ1v) is 8.26. The van der Waals surface area contributed by atoms with E-state index in [0.717, 1.165) is 38.3 Å². The number of amides is 1. The van der Waals surface area contributed by atoms with Crippen LogP contribution in [0.1, 0.15) is 59.8 Å². The number of carbonyl (C=O) groups excluding carboxylic acids is 1. The average molecular weight is 281 g/mol. The monoisotopic (exact) mass is 281 g/mol. The van der Waals surface area contributed by atoms with Crippen molar-refractivity contribution < 1.29 is 9.90 Å². The van der Waals surface area contributed by atoms with Gasteiger partial charge in [-0.2, -0.15) is 0 Å². The van der Waals surface area contributed by atoms with Crippen molar-refractivity contribution in [3.63, 3.8) is 0 Å². The Morgan fingerprint density at radius 3 is 2.20 bits per heavy atom. The number of aliphatic hydroxyl groups excluding tert-OH is 1. The third kappa shape index (κ3) is 3.55. The molecule has 1 aliphatic heterocycles. The molecule has 1 saturated carbocycles. The normalized spacial score (nSPS) is 36.0. The Hall–Kier alpha value is -0.570. The molecular formula is C17H31NO2. The van der Waals surface area contributed by atoms with E-state index < -0.39 is 0 Å². The van der Waals surface area contributed by atoms with Crippen LogP contribution in [-0.4, -0.2) is 35.1 Å². The van der Waals surface area contributed by atoms with E-state index in [4.69, 9.17) is 0 Å². The zero-order valence-corrected chi connectivity index (χ0v) is 13.6. The highest BCUT2D eigenvalue weighted by molar-refractivity contribution is 5.79. The molecular weight excluding hydrogens is 250 g/mol. The van der Waals surface area contributed by atoms with E-state index >= 15 is 0 Å². The lowest BCUT2D eigenvalue weighted by Crippen LogP contribution is -2.47. The highest BCUT2D eigenvalue weighted by Gasteiger charge is 2.35. The third-order valence-corrected chi connectivity index (χ3v) is 5.47. The van der Waals surface area contributed by atoms with E-state index in [9.17, 15) is 9.90 Å². The minimum absolute atomic E-state index is 0.221. The first kappa shape index (κ1) is 15.8. The zero-order chi connectivity index (χ0) is 14.9. The standard InChI is InChI=1S/C17H31NO2/c1-12-11-18(10-9-15(12)19)16(20)13-5-7-14(8-6-13)17(2,3)4/h12-15,19H,5-11H2,1-4H3. The number of hydrogen-bond acceptors (Lipinski definition) is 2. The molecule has 0 bridgehead atoms. The highest BCUT2D eigenvalue weighted by Crippen LogP contribution is 2.40. The number of aliphatic hydroxyl groups is 1. The van der Waals surface area contributed by atoms with E-state index in [0.29, 0.717) is 11.3 Å². The third-order valence-electron chi connectivity index (χ3n) is 5.47. The Morgan fingerprint density at radius 2 is 1.70 bits per heavy atom. The summed E-state index contributed by atoms with van der Waals surface area (Å²) in [4.78, 5) is 14.6. The van der Waals surface area contributed by atoms with Crippen LogP contribution in [-0.2, 0) is 4.79 Å². The lowest BCUT2D eigenvalue weighted by molar-refractivity contribution is -0.140. The Labute approximate surface area is 123 Å². The molecule has 2 atom stereocenters. The van der Waals surface area contributed by atoms with Gasteiger partial charge in [-0.1, -0.05) is 27.7 Å². The van der Waals surface area contributed by atoms with Crippen LogP contribution in [0.2, 0.25) is 0 Å². The van der Waals surface area contributed by atoms with E-state index in [-0.39, 0.29) is 17.9 Å². The number of carbonyl (C=O) groups is 1. The van der Waals surface area contributed by atoms with Crippen molar-refractivity contribution in [3.8, 4) is 0 Å². The number of nitrogens with zero attached hydrogens (tertiary/aromatic N) is 1. The quantitative estimate of drug-likeness (QED) is 0.802. The van der Waals surface area contributed by atoms with Gasteiger partial charge in [0.15, 0.2) is 0 Å². The summed E-state index contributed by atoms with van der Waals surface area (Å²) in [6.45, 7) is 10.5. The summed E-state index contributed by atoms with van der Waals surface area (Å²) in [5, 5.41) is 9.77. The van der Waals surface area contributed by atoms with Crippen molar-refractivity contribution in [3.05, 3.63) is 0 Å². The van der Waals surface area contributed by atoms with E-state index in [1.54, 1.807) is 0 Å². The molecule has 0 aromatic carbocycles. The SMILES string of the molecule is CC1CN(C(=O)C2CCC(C(C)(C)C)CC2)CCC1O. The van der Waals surface area contributed by atoms with Gasteiger partial charge in [0.05, 0.1) is 6.10 Å². The minimum Gasteiger partial charge on any atom is -0.393 e. The Morgan fingerprint density at radius 1 is 1.10 bits per heavy atom. The lowest BCUT2D eigenvalue weighted by Gasteiger charge is -2.40. The predicted molar refractivity (Wildman–Crippen MR) is 81.3 cm³/mol. The van der Waals surface area contributed by atoms with Crippen LogP contribution in [0.4, 0.5) is 0 Å². The molecule has 1 aliphatic carbocycles. The maximum absolute atomic E-state index is 12.6. The van der Waals surface area contributed by atoms with Crippen LogP contribution < -0.4 is 0 Å². The second-order valence-electron chi connectivity index (χ2n) is 8.03. The van der Waals surface area contributed by atoms with E-state index in [2.05, 4.69) is 20.8 Å². The molecule has 2 fully saturated rings. The maximum Gasteiger partial charge on any atom is 0.225 e. The van der Waals surface area contributed by atoms with Crippen LogP contribution in [0.25, 0.3) is 0 Å². The largest absolute Gasteiger partial charge is 0.393 e. The molecule has 1 heterocycles. The number of rotatable bonds is 1. The average Bonchev–Trinajstić information content (AvgIpc) is 2.40. The summed E-state index contributed by atoms with van der Waals surface area (Å²) in [5.41, 5.74) is 0.373. The fourth-order valence-corrected chi connectivity index (χ4v) is 3.80. The maximum atomic E-state index is 12.6. The summed E-state index contributed by atoms with van der Waals surface area (Å²) in [5.74, 6) is 1.56. The van der Waals surface area contributed by atoms with Crippen LogP contribution in [0, 0.1) is 23.2 Å². The number of hydrogen-bond donors (Lipinski definition) is 1. The van der Waals surface area contributed by atoms with E-state index in [1.807, 2.05) is 11.8 Å². The number of piperidine rings is 1. The van der Waals surface area contributed by atoms with Gasteiger partial charge in [-0.3, -0.25) is 4.79 Å². The first-order chi connectivity index (χ1) is 9.29. The van der Waals surface area contributed by atoms with Gasteiger partial charge in [-0.05, 0) is 49.4 Å².